The fourth-order valence-electron chi connectivity index (χ4n) is 4.07. The van der Waals surface area contributed by atoms with E-state index in [0.717, 1.165) is 6.42 Å². The van der Waals surface area contributed by atoms with Crippen LogP contribution in [0, 0.1) is 17.8 Å². The highest BCUT2D eigenvalue weighted by Crippen LogP contribution is 2.43. The number of thiophene rings is 1. The van der Waals surface area contributed by atoms with Crippen LogP contribution >= 0.6 is 11.3 Å². The lowest BCUT2D eigenvalue weighted by Crippen LogP contribution is -2.41. The predicted molar refractivity (Wildman–Crippen MR) is 133 cm³/mol. The third-order valence-corrected chi connectivity index (χ3v) is 12.6. The smallest absolute Gasteiger partial charge is 0.193 e. The lowest BCUT2D eigenvalue weighted by molar-refractivity contribution is -0.121. The fraction of sp³-hybridized carbons (Fsp3) is 0.500. The zero-order valence-corrected chi connectivity index (χ0v) is 21.1. The molecule has 2 aromatic rings. The number of carbonyl (C=O) groups is 1. The van der Waals surface area contributed by atoms with Gasteiger partial charge in [-0.05, 0) is 53.9 Å². The Hall–Kier alpha value is -1.49. The monoisotopic (exact) mass is 440 g/mol. The van der Waals surface area contributed by atoms with Crippen molar-refractivity contribution in [3.63, 3.8) is 0 Å². The van der Waals surface area contributed by atoms with Gasteiger partial charge in [0, 0.05) is 21.9 Å². The molecule has 0 saturated heterocycles. The molecule has 0 N–H and O–H groups in total. The Bertz CT molecular complexity index is 901. The van der Waals surface area contributed by atoms with Crippen LogP contribution in [-0.4, -0.2) is 14.1 Å². The van der Waals surface area contributed by atoms with E-state index in [-0.39, 0.29) is 23.0 Å². The number of allylic oxidation sites excluding steroid dienone is 2. The Balaban J connectivity index is 1.95. The third-order valence-electron chi connectivity index (χ3n) is 6.94. The highest BCUT2D eigenvalue weighted by molar-refractivity contribution is 7.19. The van der Waals surface area contributed by atoms with Crippen molar-refractivity contribution in [2.75, 3.05) is 0 Å². The van der Waals surface area contributed by atoms with E-state index in [4.69, 9.17) is 4.43 Å². The summed E-state index contributed by atoms with van der Waals surface area (Å²) in [4.78, 5) is 13.7. The fourth-order valence-corrected chi connectivity index (χ4v) is 6.42. The minimum absolute atomic E-state index is 0.0599. The minimum Gasteiger partial charge on any atom is -0.406 e. The van der Waals surface area contributed by atoms with Gasteiger partial charge in [0.2, 0.25) is 0 Å². The van der Waals surface area contributed by atoms with E-state index in [0.29, 0.717) is 18.1 Å². The molecule has 0 radical (unpaired) electrons. The van der Waals surface area contributed by atoms with Crippen molar-refractivity contribution < 1.29 is 9.22 Å². The first-order valence-corrected chi connectivity index (χ1v) is 14.7. The first kappa shape index (κ1) is 23.2. The Morgan fingerprint density at radius 3 is 2.63 bits per heavy atom. The summed E-state index contributed by atoms with van der Waals surface area (Å²) in [6.45, 7) is 17.5. The number of ketones is 1. The SMILES string of the molecule is C=CC[C@H]1C(=O)C[C@@H](C)[C@@H]1/C=C/[C@@H](O[Si](C)(C)C(C)(C)C)c1cc2ccccc2s1. The molecule has 0 aliphatic heterocycles. The van der Waals surface area contributed by atoms with Crippen LogP contribution in [0.15, 0.2) is 55.1 Å². The first-order valence-electron chi connectivity index (χ1n) is 11.0. The van der Waals surface area contributed by atoms with Crippen LogP contribution in [0.1, 0.15) is 51.5 Å². The maximum atomic E-state index is 12.5. The van der Waals surface area contributed by atoms with Gasteiger partial charge < -0.3 is 4.43 Å². The molecule has 0 bridgehead atoms. The van der Waals surface area contributed by atoms with E-state index >= 15 is 0 Å². The van der Waals surface area contributed by atoms with Crippen LogP contribution < -0.4 is 0 Å². The van der Waals surface area contributed by atoms with E-state index in [9.17, 15) is 4.79 Å². The number of rotatable bonds is 7. The molecule has 0 spiro atoms. The Morgan fingerprint density at radius 2 is 2.00 bits per heavy atom. The second kappa shape index (κ2) is 8.94. The zero-order chi connectivity index (χ0) is 22.1. The molecule has 1 saturated carbocycles. The van der Waals surface area contributed by atoms with Gasteiger partial charge in [-0.3, -0.25) is 4.79 Å². The molecule has 1 heterocycles. The molecule has 1 aromatic heterocycles. The second-order valence-corrected chi connectivity index (χ2v) is 16.1. The Morgan fingerprint density at radius 1 is 1.30 bits per heavy atom. The summed E-state index contributed by atoms with van der Waals surface area (Å²) in [5.41, 5.74) is 0. The summed E-state index contributed by atoms with van der Waals surface area (Å²) >= 11 is 1.81. The highest BCUT2D eigenvalue weighted by atomic mass is 32.1. The largest absolute Gasteiger partial charge is 0.406 e. The van der Waals surface area contributed by atoms with Crippen molar-refractivity contribution >= 4 is 35.5 Å². The second-order valence-electron chi connectivity index (χ2n) is 10.2. The summed E-state index contributed by atoms with van der Waals surface area (Å²) in [6, 6.07) is 10.8. The van der Waals surface area contributed by atoms with Crippen LogP contribution in [0.4, 0.5) is 0 Å². The number of hydrogen-bond acceptors (Lipinski definition) is 3. The topological polar surface area (TPSA) is 26.3 Å². The van der Waals surface area contributed by atoms with E-state index in [1.54, 1.807) is 0 Å². The van der Waals surface area contributed by atoms with Gasteiger partial charge in [-0.25, -0.2) is 0 Å². The molecule has 0 unspecified atom stereocenters. The maximum Gasteiger partial charge on any atom is 0.193 e. The standard InChI is InChI=1S/C26H36O2SSi/c1-8-11-21-20(18(2)16-22(21)27)14-15-23(28-30(6,7)26(3,4)5)25-17-19-12-9-10-13-24(19)29-25/h8-10,12-15,17-18,20-21,23H,1,11,16H2,2-7H3/b15-14+/t18-,20+,21-,23-/m1/s1. The molecule has 4 atom stereocenters. The van der Waals surface area contributed by atoms with E-state index < -0.39 is 8.32 Å². The normalized spacial score (nSPS) is 24.1. The number of Topliss-reactive ketones (excluding diaryl/α,β-unsaturated/α-hetero) is 1. The van der Waals surface area contributed by atoms with Gasteiger partial charge in [0.1, 0.15) is 5.78 Å². The quantitative estimate of drug-likeness (QED) is 0.322. The highest BCUT2D eigenvalue weighted by Gasteiger charge is 2.40. The maximum absolute atomic E-state index is 12.5. The number of hydrogen-bond donors (Lipinski definition) is 0. The molecule has 1 aliphatic carbocycles. The lowest BCUT2D eigenvalue weighted by atomic mass is 9.87. The summed E-state index contributed by atoms with van der Waals surface area (Å²) in [5.74, 6) is 1.07. The summed E-state index contributed by atoms with van der Waals surface area (Å²) in [6.07, 6.45) is 7.75. The summed E-state index contributed by atoms with van der Waals surface area (Å²) < 4.78 is 8.18. The number of benzene rings is 1. The molecule has 2 nitrogen and oxygen atoms in total. The van der Waals surface area contributed by atoms with Gasteiger partial charge in [-0.1, -0.05) is 64.1 Å². The molecule has 3 rings (SSSR count). The van der Waals surface area contributed by atoms with Gasteiger partial charge in [0.15, 0.2) is 8.32 Å². The Kier molecular flexibility index (Phi) is 6.90. The van der Waals surface area contributed by atoms with Crippen molar-refractivity contribution in [3.8, 4) is 0 Å². The molecule has 4 heteroatoms. The molecule has 30 heavy (non-hydrogen) atoms. The molecular formula is C26H36O2SSi. The third kappa shape index (κ3) is 4.87. The first-order chi connectivity index (χ1) is 14.0. The number of fused-ring (bicyclic) bond motifs is 1. The van der Waals surface area contributed by atoms with Crippen LogP contribution in [0.25, 0.3) is 10.1 Å². The van der Waals surface area contributed by atoms with Crippen molar-refractivity contribution in [3.05, 3.63) is 60.0 Å². The molecule has 0 amide bonds. The minimum atomic E-state index is -1.97. The van der Waals surface area contributed by atoms with Crippen LogP contribution in [0.2, 0.25) is 18.1 Å². The average Bonchev–Trinajstić information content (AvgIpc) is 3.19. The van der Waals surface area contributed by atoms with E-state index in [1.165, 1.54) is 15.0 Å². The number of carbonyl (C=O) groups excluding carboxylic acids is 1. The predicted octanol–water partition coefficient (Wildman–Crippen LogP) is 7.94. The molecule has 1 aliphatic rings. The average molecular weight is 441 g/mol. The summed E-state index contributed by atoms with van der Waals surface area (Å²) in [5, 5.41) is 1.40. The van der Waals surface area contributed by atoms with Crippen molar-refractivity contribution in [2.24, 2.45) is 17.8 Å². The van der Waals surface area contributed by atoms with E-state index in [2.05, 4.69) is 89.9 Å². The van der Waals surface area contributed by atoms with Crippen LogP contribution in [0.3, 0.4) is 0 Å². The molecular weight excluding hydrogens is 404 g/mol. The Labute approximate surface area is 187 Å². The lowest BCUT2D eigenvalue weighted by Gasteiger charge is -2.38. The van der Waals surface area contributed by atoms with Gasteiger partial charge in [0.05, 0.1) is 6.10 Å². The van der Waals surface area contributed by atoms with Crippen LogP contribution in [0.5, 0.6) is 0 Å². The molecule has 162 valence electrons. The summed E-state index contributed by atoms with van der Waals surface area (Å²) in [7, 11) is -1.97. The molecule has 1 fully saturated rings. The van der Waals surface area contributed by atoms with Crippen molar-refractivity contribution in [1.82, 2.24) is 0 Å². The molecule has 1 aromatic carbocycles. The zero-order valence-electron chi connectivity index (χ0n) is 19.3. The van der Waals surface area contributed by atoms with Crippen molar-refractivity contribution in [1.29, 1.82) is 0 Å². The van der Waals surface area contributed by atoms with Gasteiger partial charge in [0.25, 0.3) is 0 Å². The van der Waals surface area contributed by atoms with Crippen molar-refractivity contribution in [2.45, 2.75) is 64.8 Å². The van der Waals surface area contributed by atoms with Crippen LogP contribution in [-0.2, 0) is 9.22 Å². The van der Waals surface area contributed by atoms with Gasteiger partial charge in [-0.15, -0.1) is 17.9 Å². The van der Waals surface area contributed by atoms with Gasteiger partial charge in [-0.2, -0.15) is 0 Å². The van der Waals surface area contributed by atoms with Gasteiger partial charge >= 0.3 is 0 Å². The van der Waals surface area contributed by atoms with E-state index in [1.807, 2.05) is 17.4 Å².